The van der Waals surface area contributed by atoms with Gasteiger partial charge in [0, 0.05) is 25.1 Å². The van der Waals surface area contributed by atoms with Crippen LogP contribution in [0.5, 0.6) is 0 Å². The molecule has 0 aromatic rings. The Labute approximate surface area is 131 Å². The maximum Gasteiger partial charge on any atom is 0.0599 e. The van der Waals surface area contributed by atoms with Crippen molar-refractivity contribution in [2.24, 2.45) is 17.6 Å². The zero-order chi connectivity index (χ0) is 14.7. The van der Waals surface area contributed by atoms with E-state index in [0.717, 1.165) is 32.4 Å². The van der Waals surface area contributed by atoms with Gasteiger partial charge in [0.05, 0.1) is 16.9 Å². The second-order valence-corrected chi connectivity index (χ2v) is 7.32. The van der Waals surface area contributed by atoms with Gasteiger partial charge >= 0.3 is 0 Å². The molecule has 6 heteroatoms. The van der Waals surface area contributed by atoms with Gasteiger partial charge in [-0.25, -0.2) is 0 Å². The summed E-state index contributed by atoms with van der Waals surface area (Å²) in [6, 6.07) is 0.162. The van der Waals surface area contributed by atoms with Crippen molar-refractivity contribution in [3.63, 3.8) is 0 Å². The van der Waals surface area contributed by atoms with Crippen LogP contribution in [0, 0.1) is 11.8 Å². The van der Waals surface area contributed by atoms with Crippen molar-refractivity contribution in [3.05, 3.63) is 0 Å². The van der Waals surface area contributed by atoms with Crippen molar-refractivity contribution in [1.29, 1.82) is 0 Å². The van der Waals surface area contributed by atoms with Gasteiger partial charge in [-0.3, -0.25) is 4.90 Å². The zero-order valence-corrected chi connectivity index (χ0v) is 13.3. The normalized spacial score (nSPS) is 38.9. The molecule has 0 aromatic heterocycles. The average Bonchev–Trinajstić information content (AvgIpc) is 2.46. The van der Waals surface area contributed by atoms with Gasteiger partial charge in [-0.2, -0.15) is 0 Å². The second kappa shape index (κ2) is 7.61. The Kier molecular flexibility index (Phi) is 6.39. The van der Waals surface area contributed by atoms with Crippen molar-refractivity contribution in [3.8, 4) is 0 Å². The van der Waals surface area contributed by atoms with Crippen LogP contribution in [0.3, 0.4) is 0 Å². The number of nitrogens with two attached hydrogens (primary N) is 1. The van der Waals surface area contributed by atoms with E-state index in [9.17, 15) is 10.2 Å². The number of likely N-dealkylation sites (tertiary alicyclic amines) is 1. The Morgan fingerprint density at radius 3 is 2.30 bits per heavy atom. The lowest BCUT2D eigenvalue weighted by atomic mass is 9.79. The molecular formula is C14H26Cl2N2O2. The third kappa shape index (κ3) is 3.79. The van der Waals surface area contributed by atoms with Crippen molar-refractivity contribution in [1.82, 2.24) is 4.90 Å². The first-order valence-electron chi connectivity index (χ1n) is 7.58. The Morgan fingerprint density at radius 2 is 1.75 bits per heavy atom. The first-order chi connectivity index (χ1) is 9.56. The fourth-order valence-electron chi connectivity index (χ4n) is 3.59. The van der Waals surface area contributed by atoms with Crippen LogP contribution in [0.2, 0.25) is 0 Å². The lowest BCUT2D eigenvalue weighted by Gasteiger charge is -2.45. The Morgan fingerprint density at radius 1 is 1.15 bits per heavy atom. The maximum absolute atomic E-state index is 10.3. The highest BCUT2D eigenvalue weighted by Gasteiger charge is 2.40. The van der Waals surface area contributed by atoms with Crippen LogP contribution in [-0.2, 0) is 0 Å². The summed E-state index contributed by atoms with van der Waals surface area (Å²) in [5.74, 6) is 0.511. The number of aliphatic hydroxyl groups is 2. The number of hydrogen-bond acceptors (Lipinski definition) is 4. The van der Waals surface area contributed by atoms with Crippen LogP contribution in [0.25, 0.3) is 0 Å². The predicted octanol–water partition coefficient (Wildman–Crippen LogP) is 1.00. The highest BCUT2D eigenvalue weighted by Crippen LogP contribution is 2.36. The summed E-state index contributed by atoms with van der Waals surface area (Å²) >= 11 is 12.4. The summed E-state index contributed by atoms with van der Waals surface area (Å²) in [6.07, 6.45) is 2.84. The first-order valence-corrected chi connectivity index (χ1v) is 8.45. The van der Waals surface area contributed by atoms with Crippen molar-refractivity contribution < 1.29 is 10.2 Å². The van der Waals surface area contributed by atoms with Gasteiger partial charge in [0.1, 0.15) is 0 Å². The molecule has 0 amide bonds. The van der Waals surface area contributed by atoms with Gasteiger partial charge < -0.3 is 15.9 Å². The van der Waals surface area contributed by atoms with Gasteiger partial charge in [0.15, 0.2) is 0 Å². The largest absolute Gasteiger partial charge is 0.396 e. The standard InChI is InChI=1S/C14H26Cl2N2O2/c15-11-5-10(14(20)6-12(11)16)13(7-17)18-3-1-9(8-19)2-4-18/h9-14,19-20H,1-8,17H2. The van der Waals surface area contributed by atoms with Crippen molar-refractivity contribution in [2.75, 3.05) is 26.2 Å². The van der Waals surface area contributed by atoms with Gasteiger partial charge in [0.2, 0.25) is 0 Å². The van der Waals surface area contributed by atoms with E-state index in [-0.39, 0.29) is 29.3 Å². The molecule has 2 fully saturated rings. The Bertz CT molecular complexity index is 301. The van der Waals surface area contributed by atoms with Crippen LogP contribution in [0.15, 0.2) is 0 Å². The number of piperidine rings is 1. The number of aliphatic hydroxyl groups excluding tert-OH is 2. The number of nitrogens with zero attached hydrogens (tertiary/aromatic N) is 1. The zero-order valence-electron chi connectivity index (χ0n) is 11.8. The predicted molar refractivity (Wildman–Crippen MR) is 82.2 cm³/mol. The molecule has 0 bridgehead atoms. The Balaban J connectivity index is 1.97. The molecular weight excluding hydrogens is 299 g/mol. The molecule has 1 aliphatic heterocycles. The quantitative estimate of drug-likeness (QED) is 0.675. The molecule has 4 nitrogen and oxygen atoms in total. The molecule has 1 saturated heterocycles. The van der Waals surface area contributed by atoms with E-state index in [1.807, 2.05) is 0 Å². The molecule has 118 valence electrons. The van der Waals surface area contributed by atoms with Gasteiger partial charge in [-0.05, 0) is 44.7 Å². The third-order valence-corrected chi connectivity index (χ3v) is 6.06. The van der Waals surface area contributed by atoms with Crippen LogP contribution < -0.4 is 5.73 Å². The summed E-state index contributed by atoms with van der Waals surface area (Å²) in [7, 11) is 0. The van der Waals surface area contributed by atoms with E-state index >= 15 is 0 Å². The number of halogens is 2. The molecule has 0 aromatic carbocycles. The summed E-state index contributed by atoms with van der Waals surface area (Å²) in [4.78, 5) is 2.36. The van der Waals surface area contributed by atoms with E-state index in [0.29, 0.717) is 18.9 Å². The van der Waals surface area contributed by atoms with E-state index in [4.69, 9.17) is 28.9 Å². The molecule has 2 aliphatic rings. The number of alkyl halides is 2. The fourth-order valence-corrected chi connectivity index (χ4v) is 4.19. The van der Waals surface area contributed by atoms with E-state index in [2.05, 4.69) is 4.90 Å². The summed E-state index contributed by atoms with van der Waals surface area (Å²) < 4.78 is 0. The number of hydrogen-bond donors (Lipinski definition) is 3. The molecule has 1 saturated carbocycles. The van der Waals surface area contributed by atoms with Crippen LogP contribution in [0.4, 0.5) is 0 Å². The minimum absolute atomic E-state index is 0.0888. The third-order valence-electron chi connectivity index (χ3n) is 4.96. The molecule has 5 atom stereocenters. The van der Waals surface area contributed by atoms with Crippen molar-refractivity contribution >= 4 is 23.2 Å². The number of rotatable bonds is 4. The second-order valence-electron chi connectivity index (χ2n) is 6.20. The van der Waals surface area contributed by atoms with Crippen LogP contribution >= 0.6 is 23.2 Å². The topological polar surface area (TPSA) is 69.7 Å². The fraction of sp³-hybridized carbons (Fsp3) is 1.00. The van der Waals surface area contributed by atoms with Gasteiger partial charge in [-0.15, -0.1) is 23.2 Å². The highest BCUT2D eigenvalue weighted by molar-refractivity contribution is 6.30. The molecule has 2 rings (SSSR count). The van der Waals surface area contributed by atoms with E-state index in [1.165, 1.54) is 0 Å². The minimum atomic E-state index is -0.420. The van der Waals surface area contributed by atoms with E-state index in [1.54, 1.807) is 0 Å². The van der Waals surface area contributed by atoms with Crippen LogP contribution in [-0.4, -0.2) is 64.3 Å². The average molecular weight is 325 g/mol. The monoisotopic (exact) mass is 324 g/mol. The smallest absolute Gasteiger partial charge is 0.0599 e. The van der Waals surface area contributed by atoms with E-state index < -0.39 is 6.10 Å². The summed E-state index contributed by atoms with van der Waals surface area (Å²) in [5.41, 5.74) is 5.97. The molecule has 0 spiro atoms. The lowest BCUT2D eigenvalue weighted by Crippen LogP contribution is -2.54. The summed E-state index contributed by atoms with van der Waals surface area (Å²) in [6.45, 7) is 2.67. The first kappa shape index (κ1) is 16.8. The summed E-state index contributed by atoms with van der Waals surface area (Å²) in [5, 5.41) is 19.3. The SMILES string of the molecule is NCC(C1CC(Cl)C(Cl)CC1O)N1CCC(CO)CC1. The van der Waals surface area contributed by atoms with Crippen LogP contribution in [0.1, 0.15) is 25.7 Å². The maximum atomic E-state index is 10.3. The minimum Gasteiger partial charge on any atom is -0.396 e. The highest BCUT2D eigenvalue weighted by atomic mass is 35.5. The molecule has 4 N–H and O–H groups in total. The lowest BCUT2D eigenvalue weighted by molar-refractivity contribution is -0.000386. The van der Waals surface area contributed by atoms with Gasteiger partial charge in [-0.1, -0.05) is 0 Å². The molecule has 20 heavy (non-hydrogen) atoms. The molecule has 1 heterocycles. The van der Waals surface area contributed by atoms with Crippen molar-refractivity contribution in [2.45, 2.75) is 48.6 Å². The molecule has 0 radical (unpaired) electrons. The van der Waals surface area contributed by atoms with Gasteiger partial charge in [0.25, 0.3) is 0 Å². The Hall–Kier alpha value is 0.420. The molecule has 1 aliphatic carbocycles. The molecule has 5 unspecified atom stereocenters.